The van der Waals surface area contributed by atoms with Crippen molar-refractivity contribution in [3.8, 4) is 0 Å². The van der Waals surface area contributed by atoms with E-state index in [0.29, 0.717) is 12.3 Å². The number of aromatic nitrogens is 2. The third-order valence-electron chi connectivity index (χ3n) is 5.52. The summed E-state index contributed by atoms with van der Waals surface area (Å²) in [7, 11) is 1.88. The van der Waals surface area contributed by atoms with Gasteiger partial charge in [-0.05, 0) is 55.2 Å². The molecule has 1 aromatic carbocycles. The van der Waals surface area contributed by atoms with Crippen molar-refractivity contribution < 1.29 is 9.53 Å². The zero-order valence-corrected chi connectivity index (χ0v) is 15.5. The van der Waals surface area contributed by atoms with E-state index in [1.165, 1.54) is 30.4 Å². The van der Waals surface area contributed by atoms with Gasteiger partial charge in [0.15, 0.2) is 0 Å². The first kappa shape index (κ1) is 17.3. The number of fused-ring (bicyclic) bond motifs is 1. The van der Waals surface area contributed by atoms with Crippen LogP contribution in [0.1, 0.15) is 54.0 Å². The summed E-state index contributed by atoms with van der Waals surface area (Å²) in [5.41, 5.74) is 4.97. The fourth-order valence-corrected chi connectivity index (χ4v) is 4.05. The molecule has 26 heavy (non-hydrogen) atoms. The molecule has 1 unspecified atom stereocenters. The van der Waals surface area contributed by atoms with E-state index in [4.69, 9.17) is 4.74 Å². The molecular formula is C21H27N3O2. The molecule has 2 aromatic rings. The molecule has 2 aliphatic rings. The largest absolute Gasteiger partial charge is 0.381 e. The molecule has 1 saturated heterocycles. The van der Waals surface area contributed by atoms with Crippen LogP contribution in [-0.4, -0.2) is 28.9 Å². The number of hydrogen-bond donors (Lipinski definition) is 1. The molecule has 5 heteroatoms. The van der Waals surface area contributed by atoms with Crippen molar-refractivity contribution >= 4 is 11.7 Å². The number of nitrogens with one attached hydrogen (secondary N) is 1. The summed E-state index contributed by atoms with van der Waals surface area (Å²) in [6.45, 7) is 1.56. The van der Waals surface area contributed by atoms with E-state index < -0.39 is 0 Å². The number of amides is 1. The lowest BCUT2D eigenvalue weighted by molar-refractivity contribution is -0.115. The van der Waals surface area contributed by atoms with E-state index in [2.05, 4.69) is 28.6 Å². The highest BCUT2D eigenvalue weighted by molar-refractivity contribution is 5.91. The molecule has 4 rings (SSSR count). The molecule has 1 aliphatic carbocycles. The average Bonchev–Trinajstić information content (AvgIpc) is 3.03. The van der Waals surface area contributed by atoms with E-state index >= 15 is 0 Å². The topological polar surface area (TPSA) is 56.1 Å². The van der Waals surface area contributed by atoms with Crippen LogP contribution in [-0.2, 0) is 35.8 Å². The highest BCUT2D eigenvalue weighted by Crippen LogP contribution is 2.26. The lowest BCUT2D eigenvalue weighted by Gasteiger charge is -2.19. The Bertz CT molecular complexity index is 791. The average molecular weight is 353 g/mol. The Balaban J connectivity index is 1.41. The van der Waals surface area contributed by atoms with Crippen molar-refractivity contribution in [2.75, 3.05) is 18.5 Å². The summed E-state index contributed by atoms with van der Waals surface area (Å²) in [6.07, 6.45) is 7.41. The number of carbonyl (C=O) groups excluding carboxylic acids is 1. The predicted octanol–water partition coefficient (Wildman–Crippen LogP) is 3.37. The number of ether oxygens (including phenoxy) is 1. The summed E-state index contributed by atoms with van der Waals surface area (Å²) >= 11 is 0. The van der Waals surface area contributed by atoms with Crippen molar-refractivity contribution in [2.45, 2.75) is 50.9 Å². The number of anilines is 1. The molecule has 1 fully saturated rings. The van der Waals surface area contributed by atoms with E-state index in [1.807, 2.05) is 13.1 Å². The maximum Gasteiger partial charge on any atom is 0.229 e. The zero-order chi connectivity index (χ0) is 17.9. The van der Waals surface area contributed by atoms with Crippen molar-refractivity contribution in [1.29, 1.82) is 0 Å². The van der Waals surface area contributed by atoms with Crippen LogP contribution in [0.2, 0.25) is 0 Å². The van der Waals surface area contributed by atoms with Crippen LogP contribution in [0, 0.1) is 0 Å². The highest BCUT2D eigenvalue weighted by Gasteiger charge is 2.20. The second kappa shape index (κ2) is 7.62. The van der Waals surface area contributed by atoms with Gasteiger partial charge < -0.3 is 10.1 Å². The number of carbonyl (C=O) groups is 1. The van der Waals surface area contributed by atoms with Gasteiger partial charge in [-0.2, -0.15) is 5.10 Å². The highest BCUT2D eigenvalue weighted by atomic mass is 16.5. The number of aryl methyl sites for hydroxylation is 3. The molecule has 1 aliphatic heterocycles. The fraction of sp³-hybridized carbons (Fsp3) is 0.524. The van der Waals surface area contributed by atoms with Gasteiger partial charge in [0.25, 0.3) is 0 Å². The second-order valence-electron chi connectivity index (χ2n) is 7.53. The van der Waals surface area contributed by atoms with Crippen LogP contribution in [0.3, 0.4) is 0 Å². The predicted molar refractivity (Wildman–Crippen MR) is 101 cm³/mol. The lowest BCUT2D eigenvalue weighted by atomic mass is 9.90. The molecule has 5 nitrogen and oxygen atoms in total. The standard InChI is InChI=1S/C21H27N3O2/c1-24-20(13-19(23-24)18-7-4-10-26-14-18)22-21(25)12-15-8-9-16-5-2-3-6-17(16)11-15/h8-9,11,13,18H,2-7,10,12,14H2,1H3,(H,22,25). The third-order valence-corrected chi connectivity index (χ3v) is 5.52. The van der Waals surface area contributed by atoms with Crippen molar-refractivity contribution in [3.63, 3.8) is 0 Å². The molecule has 1 aromatic heterocycles. The summed E-state index contributed by atoms with van der Waals surface area (Å²) in [5.74, 6) is 1.10. The second-order valence-corrected chi connectivity index (χ2v) is 7.53. The maximum absolute atomic E-state index is 12.5. The van der Waals surface area contributed by atoms with Gasteiger partial charge in [0.05, 0.1) is 18.7 Å². The van der Waals surface area contributed by atoms with Gasteiger partial charge in [-0.15, -0.1) is 0 Å². The Morgan fingerprint density at radius 3 is 2.88 bits per heavy atom. The number of rotatable bonds is 4. The Morgan fingerprint density at radius 2 is 2.08 bits per heavy atom. The molecule has 0 bridgehead atoms. The first-order valence-electron chi connectivity index (χ1n) is 9.71. The monoisotopic (exact) mass is 353 g/mol. The summed E-state index contributed by atoms with van der Waals surface area (Å²) < 4.78 is 7.31. The van der Waals surface area contributed by atoms with Crippen LogP contribution < -0.4 is 5.32 Å². The van der Waals surface area contributed by atoms with Crippen molar-refractivity contribution in [2.24, 2.45) is 7.05 Å². The van der Waals surface area contributed by atoms with Crippen LogP contribution >= 0.6 is 0 Å². The Hall–Kier alpha value is -2.14. The molecule has 1 atom stereocenters. The van der Waals surface area contributed by atoms with Gasteiger partial charge in [-0.1, -0.05) is 18.2 Å². The molecule has 0 saturated carbocycles. The van der Waals surface area contributed by atoms with E-state index in [1.54, 1.807) is 4.68 Å². The van der Waals surface area contributed by atoms with Crippen LogP contribution in [0.25, 0.3) is 0 Å². The number of benzene rings is 1. The minimum Gasteiger partial charge on any atom is -0.381 e. The minimum absolute atomic E-state index is 0.00945. The van der Waals surface area contributed by atoms with Gasteiger partial charge in [-0.25, -0.2) is 0 Å². The fourth-order valence-electron chi connectivity index (χ4n) is 4.05. The van der Waals surface area contributed by atoms with Crippen LogP contribution in [0.15, 0.2) is 24.3 Å². The zero-order valence-electron chi connectivity index (χ0n) is 15.5. The molecule has 2 heterocycles. The lowest BCUT2D eigenvalue weighted by Crippen LogP contribution is -2.17. The van der Waals surface area contributed by atoms with Gasteiger partial charge in [0.1, 0.15) is 5.82 Å². The molecule has 1 N–H and O–H groups in total. The SMILES string of the molecule is Cn1nc(C2CCCOC2)cc1NC(=O)Cc1ccc2c(c1)CCCC2. The maximum atomic E-state index is 12.5. The first-order valence-corrected chi connectivity index (χ1v) is 9.71. The van der Waals surface area contributed by atoms with E-state index in [-0.39, 0.29) is 5.91 Å². The Kier molecular flexibility index (Phi) is 5.07. The van der Waals surface area contributed by atoms with Gasteiger partial charge in [0, 0.05) is 25.6 Å². The molecule has 0 spiro atoms. The normalized spacial score (nSPS) is 19.8. The quantitative estimate of drug-likeness (QED) is 0.917. The van der Waals surface area contributed by atoms with E-state index in [0.717, 1.165) is 49.6 Å². The first-order chi connectivity index (χ1) is 12.7. The van der Waals surface area contributed by atoms with Gasteiger partial charge >= 0.3 is 0 Å². The summed E-state index contributed by atoms with van der Waals surface area (Å²) in [6, 6.07) is 8.49. The molecule has 138 valence electrons. The summed E-state index contributed by atoms with van der Waals surface area (Å²) in [4.78, 5) is 12.5. The third kappa shape index (κ3) is 3.83. The van der Waals surface area contributed by atoms with E-state index in [9.17, 15) is 4.79 Å². The van der Waals surface area contributed by atoms with Crippen LogP contribution in [0.4, 0.5) is 5.82 Å². The molecule has 0 radical (unpaired) electrons. The minimum atomic E-state index is 0.00945. The number of hydrogen-bond acceptors (Lipinski definition) is 3. The Labute approximate surface area is 154 Å². The number of nitrogens with zero attached hydrogens (tertiary/aromatic N) is 2. The molecule has 1 amide bonds. The van der Waals surface area contributed by atoms with Crippen LogP contribution in [0.5, 0.6) is 0 Å². The smallest absolute Gasteiger partial charge is 0.229 e. The molecular weight excluding hydrogens is 326 g/mol. The van der Waals surface area contributed by atoms with Crippen molar-refractivity contribution in [1.82, 2.24) is 9.78 Å². The summed E-state index contributed by atoms with van der Waals surface area (Å²) in [5, 5.41) is 7.59. The van der Waals surface area contributed by atoms with Gasteiger partial charge in [0.2, 0.25) is 5.91 Å². The van der Waals surface area contributed by atoms with Crippen molar-refractivity contribution in [3.05, 3.63) is 46.6 Å². The Morgan fingerprint density at radius 1 is 1.23 bits per heavy atom. The van der Waals surface area contributed by atoms with Gasteiger partial charge in [-0.3, -0.25) is 9.48 Å².